The first-order valence-corrected chi connectivity index (χ1v) is 9.35. The molecule has 3 rings (SSSR count). The number of carbonyl (C=O) groups is 2. The number of rotatable bonds is 4. The molecular formula is C15H14N2O5S2. The van der Waals surface area contributed by atoms with Gasteiger partial charge in [0.15, 0.2) is 0 Å². The van der Waals surface area contributed by atoms with Gasteiger partial charge in [-0.3, -0.25) is 4.79 Å². The molecule has 24 heavy (non-hydrogen) atoms. The molecule has 0 fully saturated rings. The van der Waals surface area contributed by atoms with Crippen LogP contribution in [-0.2, 0) is 16.4 Å². The number of hydrogen-bond acceptors (Lipinski definition) is 5. The van der Waals surface area contributed by atoms with Crippen molar-refractivity contribution < 1.29 is 23.1 Å². The zero-order chi connectivity index (χ0) is 17.5. The molecule has 7 nitrogen and oxygen atoms in total. The maximum absolute atomic E-state index is 12.6. The number of sulfonamides is 1. The number of carbonyl (C=O) groups excluding carboxylic acids is 1. The summed E-state index contributed by atoms with van der Waals surface area (Å²) in [5.74, 6) is -1.35. The number of nitrogens with zero attached hydrogens (tertiary/aromatic N) is 1. The Morgan fingerprint density at radius 2 is 1.92 bits per heavy atom. The number of fused-ring (bicyclic) bond motifs is 1. The first kappa shape index (κ1) is 16.6. The summed E-state index contributed by atoms with van der Waals surface area (Å²) >= 11 is 0.925. The fourth-order valence-corrected chi connectivity index (χ4v) is 4.15. The lowest BCUT2D eigenvalue weighted by Gasteiger charge is -2.16. The van der Waals surface area contributed by atoms with Crippen LogP contribution in [0.2, 0.25) is 0 Å². The fourth-order valence-electron chi connectivity index (χ4n) is 2.57. The Labute approximate surface area is 142 Å². The summed E-state index contributed by atoms with van der Waals surface area (Å²) in [5, 5.41) is 8.96. The largest absolute Gasteiger partial charge is 0.477 e. The zero-order valence-electron chi connectivity index (χ0n) is 12.6. The van der Waals surface area contributed by atoms with Gasteiger partial charge in [-0.15, -0.1) is 11.3 Å². The minimum Gasteiger partial charge on any atom is -0.477 e. The smallest absolute Gasteiger partial charge is 0.345 e. The van der Waals surface area contributed by atoms with Crippen LogP contribution in [0.4, 0.5) is 5.69 Å². The highest BCUT2D eigenvalue weighted by atomic mass is 32.2. The normalized spacial score (nSPS) is 13.8. The van der Waals surface area contributed by atoms with E-state index in [1.54, 1.807) is 17.0 Å². The molecular weight excluding hydrogens is 352 g/mol. The van der Waals surface area contributed by atoms with Crippen molar-refractivity contribution in [3.63, 3.8) is 0 Å². The Balaban J connectivity index is 1.91. The van der Waals surface area contributed by atoms with Gasteiger partial charge in [0.2, 0.25) is 10.0 Å². The van der Waals surface area contributed by atoms with Gasteiger partial charge in [0.25, 0.3) is 5.91 Å². The zero-order valence-corrected chi connectivity index (χ0v) is 14.3. The quantitative estimate of drug-likeness (QED) is 0.855. The summed E-state index contributed by atoms with van der Waals surface area (Å²) in [6.07, 6.45) is 0.547. The molecule has 1 aliphatic rings. The van der Waals surface area contributed by atoms with Crippen LogP contribution in [0, 0.1) is 0 Å². The van der Waals surface area contributed by atoms with E-state index in [0.29, 0.717) is 23.5 Å². The lowest BCUT2D eigenvalue weighted by molar-refractivity contribution is 0.0702. The highest BCUT2D eigenvalue weighted by Gasteiger charge is 2.28. The highest BCUT2D eigenvalue weighted by molar-refractivity contribution is 7.89. The fraction of sp³-hybridized carbons (Fsp3) is 0.200. The first-order valence-electron chi connectivity index (χ1n) is 7.05. The van der Waals surface area contributed by atoms with Gasteiger partial charge >= 0.3 is 5.97 Å². The molecule has 2 aromatic rings. The second-order valence-corrected chi connectivity index (χ2v) is 8.14. The molecule has 2 N–H and O–H groups in total. The second-order valence-electron chi connectivity index (χ2n) is 5.17. The monoisotopic (exact) mass is 366 g/mol. The third kappa shape index (κ3) is 2.81. The number of carboxylic acids is 1. The van der Waals surface area contributed by atoms with Crippen molar-refractivity contribution >= 4 is 38.9 Å². The molecule has 0 bridgehead atoms. The second kappa shape index (κ2) is 6.00. The van der Waals surface area contributed by atoms with Gasteiger partial charge in [-0.2, -0.15) is 0 Å². The predicted octanol–water partition coefficient (Wildman–Crippen LogP) is 1.56. The maximum atomic E-state index is 12.6. The Kier molecular flexibility index (Phi) is 4.16. The van der Waals surface area contributed by atoms with Gasteiger partial charge in [-0.25, -0.2) is 17.9 Å². The van der Waals surface area contributed by atoms with Crippen LogP contribution >= 0.6 is 11.3 Å². The van der Waals surface area contributed by atoms with Gasteiger partial charge in [0, 0.05) is 12.2 Å². The first-order chi connectivity index (χ1) is 11.3. The Morgan fingerprint density at radius 3 is 2.54 bits per heavy atom. The van der Waals surface area contributed by atoms with E-state index in [1.165, 1.54) is 25.2 Å². The van der Waals surface area contributed by atoms with E-state index < -0.39 is 16.0 Å². The van der Waals surface area contributed by atoms with E-state index in [-0.39, 0.29) is 15.7 Å². The number of hydrogen-bond donors (Lipinski definition) is 2. The summed E-state index contributed by atoms with van der Waals surface area (Å²) in [5.41, 5.74) is 1.43. The molecule has 9 heteroatoms. The molecule has 0 spiro atoms. The molecule has 0 aliphatic carbocycles. The van der Waals surface area contributed by atoms with Crippen LogP contribution < -0.4 is 9.62 Å². The predicted molar refractivity (Wildman–Crippen MR) is 89.3 cm³/mol. The SMILES string of the molecule is CNS(=O)(=O)c1ccc2c(c1)CCN2C(=O)c1ccc(C(=O)O)s1. The van der Waals surface area contributed by atoms with Crippen molar-refractivity contribution in [1.29, 1.82) is 0 Å². The molecule has 126 valence electrons. The number of aromatic carboxylic acids is 1. The van der Waals surface area contributed by atoms with Crippen LogP contribution in [0.3, 0.4) is 0 Å². The minimum absolute atomic E-state index is 0.105. The standard InChI is InChI=1S/C15H14N2O5S2/c1-16-24(21,22)10-2-3-11-9(8-10)6-7-17(11)14(18)12-4-5-13(23-12)15(19)20/h2-5,8,16H,6-7H2,1H3,(H,19,20). The van der Waals surface area contributed by atoms with Crippen LogP contribution in [0.1, 0.15) is 24.9 Å². The number of amides is 1. The molecule has 0 radical (unpaired) electrons. The third-order valence-electron chi connectivity index (χ3n) is 3.80. The van der Waals surface area contributed by atoms with Crippen molar-refractivity contribution in [1.82, 2.24) is 4.72 Å². The molecule has 0 saturated heterocycles. The Morgan fingerprint density at radius 1 is 1.21 bits per heavy atom. The van der Waals surface area contributed by atoms with E-state index in [2.05, 4.69) is 4.72 Å². The van der Waals surface area contributed by atoms with Crippen molar-refractivity contribution in [2.45, 2.75) is 11.3 Å². The van der Waals surface area contributed by atoms with Crippen molar-refractivity contribution in [2.75, 3.05) is 18.5 Å². The van der Waals surface area contributed by atoms with Crippen molar-refractivity contribution in [3.8, 4) is 0 Å². The van der Waals surface area contributed by atoms with Gasteiger partial charge in [-0.1, -0.05) is 0 Å². The molecule has 0 saturated carbocycles. The molecule has 0 atom stereocenters. The maximum Gasteiger partial charge on any atom is 0.345 e. The van der Waals surface area contributed by atoms with Gasteiger partial charge < -0.3 is 10.0 Å². The Hall–Kier alpha value is -2.23. The molecule has 1 amide bonds. The third-order valence-corrected chi connectivity index (χ3v) is 6.27. The lowest BCUT2D eigenvalue weighted by Crippen LogP contribution is -2.28. The van der Waals surface area contributed by atoms with Crippen LogP contribution in [-0.4, -0.2) is 39.0 Å². The summed E-state index contributed by atoms with van der Waals surface area (Å²) < 4.78 is 26.0. The van der Waals surface area contributed by atoms with E-state index in [0.717, 1.165) is 16.9 Å². The molecule has 1 aromatic heterocycles. The van der Waals surface area contributed by atoms with E-state index in [1.807, 2.05) is 0 Å². The van der Waals surface area contributed by atoms with E-state index >= 15 is 0 Å². The summed E-state index contributed by atoms with van der Waals surface area (Å²) in [4.78, 5) is 25.7. The van der Waals surface area contributed by atoms with Crippen molar-refractivity contribution in [2.24, 2.45) is 0 Å². The van der Waals surface area contributed by atoms with E-state index in [4.69, 9.17) is 5.11 Å². The van der Waals surface area contributed by atoms with Gasteiger partial charge in [-0.05, 0) is 49.4 Å². The van der Waals surface area contributed by atoms with Crippen LogP contribution in [0.25, 0.3) is 0 Å². The summed E-state index contributed by atoms with van der Waals surface area (Å²) in [7, 11) is -2.19. The molecule has 2 heterocycles. The number of anilines is 1. The van der Waals surface area contributed by atoms with E-state index in [9.17, 15) is 18.0 Å². The number of benzene rings is 1. The molecule has 1 aliphatic heterocycles. The lowest BCUT2D eigenvalue weighted by atomic mass is 10.2. The Bertz CT molecular complexity index is 933. The van der Waals surface area contributed by atoms with Crippen LogP contribution in [0.15, 0.2) is 35.2 Å². The number of nitrogens with one attached hydrogen (secondary N) is 1. The van der Waals surface area contributed by atoms with Crippen LogP contribution in [0.5, 0.6) is 0 Å². The van der Waals surface area contributed by atoms with Crippen molar-refractivity contribution in [3.05, 3.63) is 45.6 Å². The minimum atomic E-state index is -3.53. The topological polar surface area (TPSA) is 104 Å². The molecule has 0 unspecified atom stereocenters. The number of thiophene rings is 1. The average molecular weight is 366 g/mol. The van der Waals surface area contributed by atoms with Gasteiger partial charge in [0.05, 0.1) is 9.77 Å². The summed E-state index contributed by atoms with van der Waals surface area (Å²) in [6.45, 7) is 0.428. The number of carboxylic acid groups (broad SMARTS) is 1. The summed E-state index contributed by atoms with van der Waals surface area (Å²) in [6, 6.07) is 7.52. The highest BCUT2D eigenvalue weighted by Crippen LogP contribution is 2.32. The molecule has 1 aromatic carbocycles. The van der Waals surface area contributed by atoms with Gasteiger partial charge in [0.1, 0.15) is 4.88 Å². The average Bonchev–Trinajstić information content (AvgIpc) is 3.20.